The van der Waals surface area contributed by atoms with Crippen molar-refractivity contribution in [3.63, 3.8) is 0 Å². The largest absolute Gasteiger partial charge is 0.453 e. The molecule has 0 saturated heterocycles. The molecule has 0 atom stereocenters. The molecular formula is C10H9F3N4. The smallest absolute Gasteiger partial charge is 0.189 e. The van der Waals surface area contributed by atoms with E-state index < -0.39 is 12.0 Å². The highest BCUT2D eigenvalue weighted by Crippen LogP contribution is 2.28. The van der Waals surface area contributed by atoms with Crippen LogP contribution in [0.25, 0.3) is 5.69 Å². The van der Waals surface area contributed by atoms with Crippen LogP contribution >= 0.6 is 0 Å². The second-order valence-electron chi connectivity index (χ2n) is 3.68. The van der Waals surface area contributed by atoms with Crippen molar-refractivity contribution < 1.29 is 13.2 Å². The number of aromatic nitrogens is 4. The van der Waals surface area contributed by atoms with Crippen LogP contribution in [0.5, 0.6) is 0 Å². The zero-order valence-corrected chi connectivity index (χ0v) is 9.15. The lowest BCUT2D eigenvalue weighted by molar-refractivity contribution is -0.146. The molecule has 17 heavy (non-hydrogen) atoms. The van der Waals surface area contributed by atoms with E-state index in [2.05, 4.69) is 15.5 Å². The summed E-state index contributed by atoms with van der Waals surface area (Å²) in [7, 11) is 0. The summed E-state index contributed by atoms with van der Waals surface area (Å²) < 4.78 is 38.4. The van der Waals surface area contributed by atoms with Gasteiger partial charge in [-0.15, -0.1) is 5.10 Å². The van der Waals surface area contributed by atoms with E-state index in [-0.39, 0.29) is 0 Å². The zero-order valence-electron chi connectivity index (χ0n) is 9.15. The lowest BCUT2D eigenvalue weighted by Crippen LogP contribution is -2.14. The molecule has 0 amide bonds. The van der Waals surface area contributed by atoms with Crippen LogP contribution < -0.4 is 0 Å². The maximum Gasteiger partial charge on any atom is 0.453 e. The number of halogens is 3. The van der Waals surface area contributed by atoms with E-state index in [0.29, 0.717) is 10.4 Å². The molecule has 0 spiro atoms. The standard InChI is InChI=1S/C10H9F3N4/c1-6-3-4-8(5-7(6)2)17-9(10(11,12)13)14-15-16-17/h3-5H,1-2H3. The Kier molecular flexibility index (Phi) is 2.60. The predicted molar refractivity (Wildman–Crippen MR) is 53.6 cm³/mol. The highest BCUT2D eigenvalue weighted by atomic mass is 19.4. The van der Waals surface area contributed by atoms with Crippen molar-refractivity contribution in [2.45, 2.75) is 20.0 Å². The summed E-state index contributed by atoms with van der Waals surface area (Å²) in [5.74, 6) is -1.12. The Morgan fingerprint density at radius 2 is 1.82 bits per heavy atom. The van der Waals surface area contributed by atoms with Gasteiger partial charge in [-0.25, -0.2) is 0 Å². The molecule has 1 aromatic carbocycles. The molecule has 7 heteroatoms. The Labute approximate surface area is 95.1 Å². The highest BCUT2D eigenvalue weighted by molar-refractivity contribution is 5.39. The lowest BCUT2D eigenvalue weighted by Gasteiger charge is -2.08. The molecule has 4 nitrogen and oxygen atoms in total. The fourth-order valence-electron chi connectivity index (χ4n) is 1.40. The first kappa shape index (κ1) is 11.6. The predicted octanol–water partition coefficient (Wildman–Crippen LogP) is 2.30. The van der Waals surface area contributed by atoms with E-state index in [9.17, 15) is 13.2 Å². The van der Waals surface area contributed by atoms with Crippen LogP contribution in [0.3, 0.4) is 0 Å². The Balaban J connectivity index is 2.54. The average molecular weight is 242 g/mol. The number of tetrazole rings is 1. The van der Waals surface area contributed by atoms with Gasteiger partial charge >= 0.3 is 6.18 Å². The number of hydrogen-bond donors (Lipinski definition) is 0. The summed E-state index contributed by atoms with van der Waals surface area (Å²) in [6.07, 6.45) is -4.57. The van der Waals surface area contributed by atoms with Crippen molar-refractivity contribution >= 4 is 0 Å². The van der Waals surface area contributed by atoms with Gasteiger partial charge in [0.2, 0.25) is 0 Å². The Bertz CT molecular complexity index is 545. The van der Waals surface area contributed by atoms with Gasteiger partial charge in [0.15, 0.2) is 0 Å². The Morgan fingerprint density at radius 1 is 1.12 bits per heavy atom. The molecular weight excluding hydrogens is 233 g/mol. The van der Waals surface area contributed by atoms with Gasteiger partial charge in [0.1, 0.15) is 0 Å². The van der Waals surface area contributed by atoms with Gasteiger partial charge in [-0.2, -0.15) is 17.9 Å². The minimum Gasteiger partial charge on any atom is -0.189 e. The molecule has 1 aromatic heterocycles. The van der Waals surface area contributed by atoms with Crippen molar-refractivity contribution in [1.29, 1.82) is 0 Å². The summed E-state index contributed by atoms with van der Waals surface area (Å²) in [6.45, 7) is 3.69. The van der Waals surface area contributed by atoms with Gasteiger partial charge in [0.05, 0.1) is 5.69 Å². The SMILES string of the molecule is Cc1ccc(-n2nnnc2C(F)(F)F)cc1C. The quantitative estimate of drug-likeness (QED) is 0.770. The van der Waals surface area contributed by atoms with E-state index in [1.807, 2.05) is 13.8 Å². The monoisotopic (exact) mass is 242 g/mol. The topological polar surface area (TPSA) is 43.6 Å². The van der Waals surface area contributed by atoms with E-state index in [1.54, 1.807) is 18.2 Å². The number of aryl methyl sites for hydroxylation is 2. The Morgan fingerprint density at radius 3 is 2.41 bits per heavy atom. The van der Waals surface area contributed by atoms with Gasteiger partial charge in [0, 0.05) is 0 Å². The summed E-state index contributed by atoms with van der Waals surface area (Å²) in [6, 6.07) is 4.89. The first-order valence-corrected chi connectivity index (χ1v) is 4.83. The van der Waals surface area contributed by atoms with Crippen molar-refractivity contribution in [2.24, 2.45) is 0 Å². The third kappa shape index (κ3) is 2.13. The van der Waals surface area contributed by atoms with Crippen LogP contribution in [-0.2, 0) is 6.18 Å². The third-order valence-electron chi connectivity index (χ3n) is 2.46. The molecule has 0 bridgehead atoms. The fraction of sp³-hybridized carbons (Fsp3) is 0.300. The molecule has 0 N–H and O–H groups in total. The normalized spacial score (nSPS) is 11.8. The molecule has 0 radical (unpaired) electrons. The van der Waals surface area contributed by atoms with Crippen molar-refractivity contribution in [3.05, 3.63) is 35.2 Å². The third-order valence-corrected chi connectivity index (χ3v) is 2.46. The first-order chi connectivity index (χ1) is 7.89. The van der Waals surface area contributed by atoms with Gasteiger partial charge in [-0.1, -0.05) is 6.07 Å². The van der Waals surface area contributed by atoms with Gasteiger partial charge < -0.3 is 0 Å². The molecule has 1 heterocycles. The molecule has 0 saturated carbocycles. The molecule has 0 aliphatic rings. The van der Waals surface area contributed by atoms with Crippen LogP contribution in [-0.4, -0.2) is 20.2 Å². The van der Waals surface area contributed by atoms with E-state index in [1.165, 1.54) is 0 Å². The van der Waals surface area contributed by atoms with Crippen molar-refractivity contribution in [2.75, 3.05) is 0 Å². The summed E-state index contributed by atoms with van der Waals surface area (Å²) in [5.41, 5.74) is 2.17. The second-order valence-corrected chi connectivity index (χ2v) is 3.68. The van der Waals surface area contributed by atoms with Crippen molar-refractivity contribution in [3.8, 4) is 5.69 Å². The second kappa shape index (κ2) is 3.83. The fourth-order valence-corrected chi connectivity index (χ4v) is 1.40. The molecule has 0 unspecified atom stereocenters. The molecule has 0 fully saturated rings. The van der Waals surface area contributed by atoms with Crippen LogP contribution in [0.15, 0.2) is 18.2 Å². The summed E-state index contributed by atoms with van der Waals surface area (Å²) in [5, 5.41) is 9.41. The molecule has 0 aliphatic heterocycles. The number of benzene rings is 1. The maximum atomic E-state index is 12.6. The average Bonchev–Trinajstić information content (AvgIpc) is 2.70. The Hall–Kier alpha value is -1.92. The van der Waals surface area contributed by atoms with Crippen LogP contribution in [0.4, 0.5) is 13.2 Å². The van der Waals surface area contributed by atoms with E-state index in [0.717, 1.165) is 11.1 Å². The minimum absolute atomic E-state index is 0.297. The van der Waals surface area contributed by atoms with E-state index >= 15 is 0 Å². The molecule has 2 rings (SSSR count). The van der Waals surface area contributed by atoms with Crippen LogP contribution in [0.2, 0.25) is 0 Å². The summed E-state index contributed by atoms with van der Waals surface area (Å²) in [4.78, 5) is 0. The minimum atomic E-state index is -4.57. The first-order valence-electron chi connectivity index (χ1n) is 4.83. The number of rotatable bonds is 1. The maximum absolute atomic E-state index is 12.6. The zero-order chi connectivity index (χ0) is 12.6. The van der Waals surface area contributed by atoms with Crippen LogP contribution in [0, 0.1) is 13.8 Å². The number of alkyl halides is 3. The number of nitrogens with zero attached hydrogens (tertiary/aromatic N) is 4. The number of hydrogen-bond acceptors (Lipinski definition) is 3. The molecule has 90 valence electrons. The summed E-state index contributed by atoms with van der Waals surface area (Å²) >= 11 is 0. The lowest BCUT2D eigenvalue weighted by atomic mass is 10.1. The van der Waals surface area contributed by atoms with E-state index in [4.69, 9.17) is 0 Å². The van der Waals surface area contributed by atoms with Crippen LogP contribution in [0.1, 0.15) is 17.0 Å². The van der Waals surface area contributed by atoms with Gasteiger partial charge in [-0.05, 0) is 47.5 Å². The van der Waals surface area contributed by atoms with Gasteiger partial charge in [-0.3, -0.25) is 0 Å². The highest BCUT2D eigenvalue weighted by Gasteiger charge is 2.38. The molecule has 2 aromatic rings. The van der Waals surface area contributed by atoms with Crippen molar-refractivity contribution in [1.82, 2.24) is 20.2 Å². The van der Waals surface area contributed by atoms with Gasteiger partial charge in [0.25, 0.3) is 5.82 Å². The molecule has 0 aliphatic carbocycles.